The van der Waals surface area contributed by atoms with Gasteiger partial charge in [-0.1, -0.05) is 13.8 Å². The summed E-state index contributed by atoms with van der Waals surface area (Å²) in [7, 11) is 0. The molecule has 0 bridgehead atoms. The smallest absolute Gasteiger partial charge is 0.341 e. The maximum absolute atomic E-state index is 15.0. The molecule has 1 fully saturated rings. The number of pyridine rings is 1. The first kappa shape index (κ1) is 20.0. The molecule has 0 amide bonds. The van der Waals surface area contributed by atoms with Gasteiger partial charge in [0.25, 0.3) is 0 Å². The molecule has 6 nitrogen and oxygen atoms in total. The number of carboxylic acid groups (broad SMARTS) is 1. The fourth-order valence-electron chi connectivity index (χ4n) is 3.89. The molecular weight excluding hydrogens is 392 g/mol. The lowest BCUT2D eigenvalue weighted by atomic mass is 9.89. The first-order valence-electron chi connectivity index (χ1n) is 9.47. The Hall–Kier alpha value is -3.26. The van der Waals surface area contributed by atoms with Crippen molar-refractivity contribution in [2.45, 2.75) is 19.9 Å². The average Bonchev–Trinajstić information content (AvgIpc) is 2.95. The van der Waals surface area contributed by atoms with E-state index < -0.39 is 28.6 Å². The van der Waals surface area contributed by atoms with E-state index in [-0.39, 0.29) is 22.5 Å². The van der Waals surface area contributed by atoms with Gasteiger partial charge in [-0.25, -0.2) is 13.6 Å². The molecule has 3 aromatic rings. The fourth-order valence-corrected chi connectivity index (χ4v) is 3.89. The quantitative estimate of drug-likeness (QED) is 0.689. The molecule has 156 valence electrons. The Kier molecular flexibility index (Phi) is 4.62. The van der Waals surface area contributed by atoms with E-state index >= 15 is 4.39 Å². The van der Waals surface area contributed by atoms with Crippen molar-refractivity contribution in [3.63, 3.8) is 0 Å². The predicted octanol–water partition coefficient (Wildman–Crippen LogP) is 3.14. The zero-order chi connectivity index (χ0) is 21.8. The molecule has 4 rings (SSSR count). The molecule has 30 heavy (non-hydrogen) atoms. The van der Waals surface area contributed by atoms with Crippen molar-refractivity contribution < 1.29 is 18.7 Å². The molecule has 3 N–H and O–H groups in total. The van der Waals surface area contributed by atoms with Gasteiger partial charge in [-0.3, -0.25) is 4.79 Å². The number of carboxylic acids is 1. The summed E-state index contributed by atoms with van der Waals surface area (Å²) in [4.78, 5) is 26.1. The summed E-state index contributed by atoms with van der Waals surface area (Å²) in [5, 5.41) is 9.37. The molecule has 1 saturated heterocycles. The van der Waals surface area contributed by atoms with Crippen molar-refractivity contribution >= 4 is 22.6 Å². The second kappa shape index (κ2) is 6.91. The number of hydrogen-bond acceptors (Lipinski definition) is 4. The van der Waals surface area contributed by atoms with E-state index in [0.717, 1.165) is 6.07 Å². The van der Waals surface area contributed by atoms with Gasteiger partial charge in [0.1, 0.15) is 17.2 Å². The molecule has 0 radical (unpaired) electrons. The standard InChI is InChI=1S/C22H21F2N3O3/c1-22(2)11-26(10-19(22)25)18-8-17-14(7-16(18)24)20(28)15(21(29)30)9-27(17)13-5-3-12(23)4-6-13/h3-9,19H,10-11,25H2,1-2H3,(H,29,30)/t19-/m1/s1. The summed E-state index contributed by atoms with van der Waals surface area (Å²) >= 11 is 0. The van der Waals surface area contributed by atoms with Gasteiger partial charge in [-0.15, -0.1) is 0 Å². The number of halogens is 2. The highest BCUT2D eigenvalue weighted by Gasteiger charge is 2.38. The minimum atomic E-state index is -1.42. The van der Waals surface area contributed by atoms with Crippen LogP contribution in [0.3, 0.4) is 0 Å². The number of rotatable bonds is 3. The second-order valence-electron chi connectivity index (χ2n) is 8.32. The summed E-state index contributed by atoms with van der Waals surface area (Å²) in [6.45, 7) is 4.99. The van der Waals surface area contributed by atoms with Crippen molar-refractivity contribution in [2.24, 2.45) is 11.1 Å². The molecule has 0 spiro atoms. The van der Waals surface area contributed by atoms with Crippen LogP contribution in [0.1, 0.15) is 24.2 Å². The third-order valence-corrected chi connectivity index (χ3v) is 5.77. The molecule has 1 atom stereocenters. The number of benzene rings is 2. The Morgan fingerprint density at radius 2 is 1.87 bits per heavy atom. The van der Waals surface area contributed by atoms with Gasteiger partial charge in [0.05, 0.1) is 11.2 Å². The molecular formula is C22H21F2N3O3. The summed E-state index contributed by atoms with van der Waals surface area (Å²) in [5.41, 5.74) is 5.75. The Balaban J connectivity index is 1.99. The lowest BCUT2D eigenvalue weighted by Gasteiger charge is -2.23. The van der Waals surface area contributed by atoms with Gasteiger partial charge in [0.15, 0.2) is 0 Å². The molecule has 2 heterocycles. The topological polar surface area (TPSA) is 88.6 Å². The van der Waals surface area contributed by atoms with Crippen LogP contribution in [0.2, 0.25) is 0 Å². The van der Waals surface area contributed by atoms with E-state index in [1.165, 1.54) is 41.1 Å². The molecule has 2 aromatic carbocycles. The summed E-state index contributed by atoms with van der Waals surface area (Å²) in [6, 6.07) is 7.82. The Bertz CT molecular complexity index is 1220. The molecule has 1 aliphatic heterocycles. The van der Waals surface area contributed by atoms with Crippen LogP contribution in [-0.4, -0.2) is 34.8 Å². The van der Waals surface area contributed by atoms with Crippen molar-refractivity contribution in [3.05, 3.63) is 70.0 Å². The first-order valence-corrected chi connectivity index (χ1v) is 9.47. The second-order valence-corrected chi connectivity index (χ2v) is 8.32. The maximum atomic E-state index is 15.0. The normalized spacial score (nSPS) is 18.2. The number of nitrogens with zero attached hydrogens (tertiary/aromatic N) is 2. The molecule has 0 aliphatic carbocycles. The van der Waals surface area contributed by atoms with Crippen LogP contribution in [0, 0.1) is 17.0 Å². The van der Waals surface area contributed by atoms with Gasteiger partial charge in [-0.2, -0.15) is 0 Å². The minimum Gasteiger partial charge on any atom is -0.477 e. The molecule has 1 aromatic heterocycles. The number of carbonyl (C=O) groups is 1. The van der Waals surface area contributed by atoms with Gasteiger partial charge in [0.2, 0.25) is 5.43 Å². The van der Waals surface area contributed by atoms with Crippen LogP contribution < -0.4 is 16.1 Å². The van der Waals surface area contributed by atoms with Crippen LogP contribution in [0.15, 0.2) is 47.4 Å². The van der Waals surface area contributed by atoms with Crippen molar-refractivity contribution in [1.82, 2.24) is 4.57 Å². The van der Waals surface area contributed by atoms with Gasteiger partial charge in [0, 0.05) is 36.4 Å². The van der Waals surface area contributed by atoms with Crippen LogP contribution in [-0.2, 0) is 0 Å². The minimum absolute atomic E-state index is 0.0665. The number of fused-ring (bicyclic) bond motifs is 1. The molecule has 0 saturated carbocycles. The fraction of sp³-hybridized carbons (Fsp3) is 0.273. The summed E-state index contributed by atoms with van der Waals surface area (Å²) in [5.74, 6) is -2.50. The van der Waals surface area contributed by atoms with E-state index in [1.807, 2.05) is 18.7 Å². The summed E-state index contributed by atoms with van der Waals surface area (Å²) < 4.78 is 29.9. The number of aromatic nitrogens is 1. The van der Waals surface area contributed by atoms with Gasteiger partial charge in [-0.05, 0) is 41.8 Å². The lowest BCUT2D eigenvalue weighted by Crippen LogP contribution is -2.35. The number of anilines is 1. The SMILES string of the molecule is CC1(C)CN(c2cc3c(cc2F)c(=O)c(C(=O)O)cn3-c2ccc(F)cc2)C[C@H]1N. The van der Waals surface area contributed by atoms with Crippen LogP contribution in [0.5, 0.6) is 0 Å². The molecule has 0 unspecified atom stereocenters. The zero-order valence-corrected chi connectivity index (χ0v) is 16.5. The Labute approximate surface area is 171 Å². The summed E-state index contributed by atoms with van der Waals surface area (Å²) in [6.07, 6.45) is 1.18. The monoisotopic (exact) mass is 413 g/mol. The van der Waals surface area contributed by atoms with Crippen LogP contribution >= 0.6 is 0 Å². The van der Waals surface area contributed by atoms with Crippen LogP contribution in [0.25, 0.3) is 16.6 Å². The highest BCUT2D eigenvalue weighted by molar-refractivity contribution is 5.94. The zero-order valence-electron chi connectivity index (χ0n) is 16.5. The lowest BCUT2D eigenvalue weighted by molar-refractivity contribution is 0.0695. The predicted molar refractivity (Wildman–Crippen MR) is 110 cm³/mol. The third-order valence-electron chi connectivity index (χ3n) is 5.77. The van der Waals surface area contributed by atoms with E-state index in [0.29, 0.717) is 24.3 Å². The molecule has 8 heteroatoms. The van der Waals surface area contributed by atoms with Crippen molar-refractivity contribution in [1.29, 1.82) is 0 Å². The number of hydrogen-bond donors (Lipinski definition) is 2. The van der Waals surface area contributed by atoms with Crippen LogP contribution in [0.4, 0.5) is 14.5 Å². The maximum Gasteiger partial charge on any atom is 0.341 e. The third kappa shape index (κ3) is 3.23. The first-order chi connectivity index (χ1) is 14.1. The van der Waals surface area contributed by atoms with E-state index in [1.54, 1.807) is 0 Å². The Morgan fingerprint density at radius 1 is 1.20 bits per heavy atom. The number of aromatic carboxylic acids is 1. The Morgan fingerprint density at radius 3 is 2.43 bits per heavy atom. The van der Waals surface area contributed by atoms with E-state index in [4.69, 9.17) is 5.73 Å². The highest BCUT2D eigenvalue weighted by Crippen LogP contribution is 2.35. The average molecular weight is 413 g/mol. The van der Waals surface area contributed by atoms with Gasteiger partial charge >= 0.3 is 5.97 Å². The van der Waals surface area contributed by atoms with Crippen molar-refractivity contribution in [3.8, 4) is 5.69 Å². The van der Waals surface area contributed by atoms with E-state index in [2.05, 4.69) is 0 Å². The van der Waals surface area contributed by atoms with Crippen molar-refractivity contribution in [2.75, 3.05) is 18.0 Å². The van der Waals surface area contributed by atoms with E-state index in [9.17, 15) is 19.1 Å². The van der Waals surface area contributed by atoms with Gasteiger partial charge < -0.3 is 20.3 Å². The number of nitrogens with two attached hydrogens (primary N) is 1. The largest absolute Gasteiger partial charge is 0.477 e. The molecule has 1 aliphatic rings. The highest BCUT2D eigenvalue weighted by atomic mass is 19.1.